The molecule has 0 aliphatic heterocycles. The van der Waals surface area contributed by atoms with Gasteiger partial charge in [-0.2, -0.15) is 10.4 Å². The largest absolute Gasteiger partial charge is 0.465 e. The van der Waals surface area contributed by atoms with Crippen molar-refractivity contribution in [1.29, 1.82) is 5.26 Å². The van der Waals surface area contributed by atoms with Crippen molar-refractivity contribution in [2.75, 3.05) is 5.32 Å². The molecule has 0 radical (unpaired) electrons. The second kappa shape index (κ2) is 6.20. The van der Waals surface area contributed by atoms with E-state index in [-0.39, 0.29) is 0 Å². The molecule has 1 N–H and O–H groups in total. The fourth-order valence-electron chi connectivity index (χ4n) is 2.17. The van der Waals surface area contributed by atoms with E-state index >= 15 is 0 Å². The molecule has 0 fully saturated rings. The maximum absolute atomic E-state index is 9.37. The molecule has 0 spiro atoms. The van der Waals surface area contributed by atoms with Crippen molar-refractivity contribution in [3.05, 3.63) is 40.5 Å². The van der Waals surface area contributed by atoms with Crippen LogP contribution in [0.3, 0.4) is 0 Å². The van der Waals surface area contributed by atoms with Crippen LogP contribution in [0.5, 0.6) is 0 Å². The smallest absolute Gasteiger partial charge is 0.167 e. The predicted molar refractivity (Wildman–Crippen MR) is 76.3 cm³/mol. The first kappa shape index (κ1) is 14.1. The van der Waals surface area contributed by atoms with Crippen LogP contribution in [0.4, 0.5) is 5.82 Å². The number of aromatic nitrogens is 2. The fourth-order valence-corrected chi connectivity index (χ4v) is 2.17. The SMILES string of the molecule is CCc1nnc(NCc2ccc(C)o2)c(C#N)c1CC. The molecule has 0 saturated heterocycles. The van der Waals surface area contributed by atoms with Crippen LogP contribution in [0.1, 0.15) is 42.2 Å². The van der Waals surface area contributed by atoms with Gasteiger partial charge in [0.15, 0.2) is 5.82 Å². The summed E-state index contributed by atoms with van der Waals surface area (Å²) in [5, 5.41) is 20.8. The number of anilines is 1. The van der Waals surface area contributed by atoms with Crippen LogP contribution in [-0.2, 0) is 19.4 Å². The third kappa shape index (κ3) is 2.80. The number of nitrogens with one attached hydrogen (secondary N) is 1. The van der Waals surface area contributed by atoms with E-state index in [1.54, 1.807) is 0 Å². The van der Waals surface area contributed by atoms with Crippen LogP contribution >= 0.6 is 0 Å². The molecule has 0 aromatic carbocycles. The highest BCUT2D eigenvalue weighted by Crippen LogP contribution is 2.20. The van der Waals surface area contributed by atoms with E-state index in [2.05, 4.69) is 21.6 Å². The van der Waals surface area contributed by atoms with Gasteiger partial charge in [-0.1, -0.05) is 13.8 Å². The molecule has 2 aromatic rings. The minimum atomic E-state index is 0.492. The van der Waals surface area contributed by atoms with Crippen molar-refractivity contribution in [3.63, 3.8) is 0 Å². The van der Waals surface area contributed by atoms with E-state index < -0.39 is 0 Å². The molecule has 20 heavy (non-hydrogen) atoms. The molecule has 2 rings (SSSR count). The number of nitrogens with zero attached hydrogens (tertiary/aromatic N) is 3. The van der Waals surface area contributed by atoms with Gasteiger partial charge in [0.2, 0.25) is 0 Å². The summed E-state index contributed by atoms with van der Waals surface area (Å²) in [5.41, 5.74) is 2.45. The van der Waals surface area contributed by atoms with E-state index in [0.29, 0.717) is 17.9 Å². The molecule has 0 atom stereocenters. The van der Waals surface area contributed by atoms with Crippen molar-refractivity contribution in [1.82, 2.24) is 10.2 Å². The maximum atomic E-state index is 9.37. The first-order valence-corrected chi connectivity index (χ1v) is 6.77. The van der Waals surface area contributed by atoms with Crippen LogP contribution in [0.15, 0.2) is 16.5 Å². The van der Waals surface area contributed by atoms with Gasteiger partial charge in [0, 0.05) is 0 Å². The summed E-state index contributed by atoms with van der Waals surface area (Å²) < 4.78 is 5.49. The molecular weight excluding hydrogens is 252 g/mol. The molecule has 5 nitrogen and oxygen atoms in total. The average Bonchev–Trinajstić information content (AvgIpc) is 2.89. The molecule has 0 aliphatic rings. The van der Waals surface area contributed by atoms with E-state index in [9.17, 15) is 5.26 Å². The predicted octanol–water partition coefficient (Wildman–Crippen LogP) is 2.99. The van der Waals surface area contributed by atoms with E-state index in [1.807, 2.05) is 32.9 Å². The monoisotopic (exact) mass is 270 g/mol. The zero-order valence-corrected chi connectivity index (χ0v) is 12.0. The summed E-state index contributed by atoms with van der Waals surface area (Å²) in [4.78, 5) is 0. The summed E-state index contributed by atoms with van der Waals surface area (Å²) in [6.45, 7) is 6.43. The zero-order chi connectivity index (χ0) is 14.5. The number of rotatable bonds is 5. The van der Waals surface area contributed by atoms with Gasteiger partial charge in [-0.25, -0.2) is 0 Å². The van der Waals surface area contributed by atoms with Gasteiger partial charge >= 0.3 is 0 Å². The molecule has 104 valence electrons. The molecule has 0 bridgehead atoms. The number of furan rings is 1. The van der Waals surface area contributed by atoms with Gasteiger partial charge < -0.3 is 9.73 Å². The Hall–Kier alpha value is -2.35. The number of nitriles is 1. The molecule has 2 aromatic heterocycles. The molecule has 0 amide bonds. The first-order chi connectivity index (χ1) is 9.69. The fraction of sp³-hybridized carbons (Fsp3) is 0.400. The van der Waals surface area contributed by atoms with Gasteiger partial charge in [-0.3, -0.25) is 0 Å². The van der Waals surface area contributed by atoms with Crippen molar-refractivity contribution in [3.8, 4) is 6.07 Å². The van der Waals surface area contributed by atoms with Gasteiger partial charge in [0.25, 0.3) is 0 Å². The van der Waals surface area contributed by atoms with Gasteiger partial charge in [-0.15, -0.1) is 5.10 Å². The lowest BCUT2D eigenvalue weighted by atomic mass is 10.0. The summed E-state index contributed by atoms with van der Waals surface area (Å²) in [6.07, 6.45) is 1.55. The van der Waals surface area contributed by atoms with Crippen molar-refractivity contribution in [2.45, 2.75) is 40.2 Å². The Morgan fingerprint density at radius 2 is 2.05 bits per heavy atom. The lowest BCUT2D eigenvalue weighted by Crippen LogP contribution is -2.09. The molecular formula is C15H18N4O. The zero-order valence-electron chi connectivity index (χ0n) is 12.0. The van der Waals surface area contributed by atoms with Crippen LogP contribution in [-0.4, -0.2) is 10.2 Å². The van der Waals surface area contributed by atoms with Crippen LogP contribution in [0.2, 0.25) is 0 Å². The van der Waals surface area contributed by atoms with E-state index in [0.717, 1.165) is 35.6 Å². The van der Waals surface area contributed by atoms with Crippen molar-refractivity contribution < 1.29 is 4.42 Å². The van der Waals surface area contributed by atoms with E-state index in [1.165, 1.54) is 0 Å². The molecule has 0 aliphatic carbocycles. The Morgan fingerprint density at radius 1 is 1.25 bits per heavy atom. The Balaban J connectivity index is 2.25. The van der Waals surface area contributed by atoms with E-state index in [4.69, 9.17) is 4.42 Å². The maximum Gasteiger partial charge on any atom is 0.167 e. The lowest BCUT2D eigenvalue weighted by molar-refractivity contribution is 0.490. The Morgan fingerprint density at radius 3 is 2.60 bits per heavy atom. The summed E-state index contributed by atoms with van der Waals surface area (Å²) in [6, 6.07) is 6.05. The third-order valence-electron chi connectivity index (χ3n) is 3.18. The molecule has 0 unspecified atom stereocenters. The van der Waals surface area contributed by atoms with Crippen LogP contribution in [0, 0.1) is 18.3 Å². The minimum Gasteiger partial charge on any atom is -0.465 e. The number of hydrogen-bond donors (Lipinski definition) is 1. The summed E-state index contributed by atoms with van der Waals surface area (Å²) in [7, 11) is 0. The molecule has 5 heteroatoms. The normalized spacial score (nSPS) is 10.3. The standard InChI is InChI=1S/C15H18N4O/c1-4-12-13(8-16)15(19-18-14(12)5-2)17-9-11-7-6-10(3)20-11/h6-7H,4-5,9H2,1-3H3,(H,17,19). The van der Waals surface area contributed by atoms with Crippen molar-refractivity contribution >= 4 is 5.82 Å². The molecule has 2 heterocycles. The first-order valence-electron chi connectivity index (χ1n) is 6.77. The van der Waals surface area contributed by atoms with Gasteiger partial charge in [0.1, 0.15) is 23.2 Å². The highest BCUT2D eigenvalue weighted by atomic mass is 16.3. The Labute approximate surface area is 118 Å². The van der Waals surface area contributed by atoms with Crippen LogP contribution < -0.4 is 5.32 Å². The Kier molecular flexibility index (Phi) is 4.36. The average molecular weight is 270 g/mol. The quantitative estimate of drug-likeness (QED) is 0.904. The minimum absolute atomic E-state index is 0.492. The van der Waals surface area contributed by atoms with Gasteiger partial charge in [0.05, 0.1) is 12.2 Å². The molecule has 0 saturated carbocycles. The van der Waals surface area contributed by atoms with Gasteiger partial charge in [-0.05, 0) is 37.5 Å². The number of aryl methyl sites for hydroxylation is 2. The Bertz CT molecular complexity index is 640. The third-order valence-corrected chi connectivity index (χ3v) is 3.18. The second-order valence-corrected chi connectivity index (χ2v) is 4.53. The summed E-state index contributed by atoms with van der Waals surface area (Å²) in [5.74, 6) is 2.20. The topological polar surface area (TPSA) is 74.7 Å². The second-order valence-electron chi connectivity index (χ2n) is 4.53. The number of hydrogen-bond acceptors (Lipinski definition) is 5. The highest BCUT2D eigenvalue weighted by molar-refractivity contribution is 5.56. The summed E-state index contributed by atoms with van der Waals surface area (Å²) >= 11 is 0. The van der Waals surface area contributed by atoms with Crippen molar-refractivity contribution in [2.24, 2.45) is 0 Å². The highest BCUT2D eigenvalue weighted by Gasteiger charge is 2.14. The van der Waals surface area contributed by atoms with Crippen LogP contribution in [0.25, 0.3) is 0 Å². The lowest BCUT2D eigenvalue weighted by Gasteiger charge is -2.11.